The van der Waals surface area contributed by atoms with Gasteiger partial charge in [-0.1, -0.05) is 13.8 Å². The predicted molar refractivity (Wildman–Crippen MR) is 91.8 cm³/mol. The molecule has 2 N–H and O–H groups in total. The van der Waals surface area contributed by atoms with E-state index in [0.29, 0.717) is 25.6 Å². The van der Waals surface area contributed by atoms with Gasteiger partial charge >= 0.3 is 0 Å². The molecule has 23 heavy (non-hydrogen) atoms. The van der Waals surface area contributed by atoms with Gasteiger partial charge in [0.25, 0.3) is 0 Å². The highest BCUT2D eigenvalue weighted by atomic mass is 32.1. The number of primary amides is 1. The Morgan fingerprint density at radius 1 is 1.52 bits per heavy atom. The van der Waals surface area contributed by atoms with Crippen molar-refractivity contribution in [2.45, 2.75) is 33.3 Å². The number of hydrogen-bond acceptors (Lipinski definition) is 6. The van der Waals surface area contributed by atoms with Gasteiger partial charge in [-0.2, -0.15) is 0 Å². The monoisotopic (exact) mass is 334 g/mol. The molecule has 0 unspecified atom stereocenters. The standard InChI is InChI=1S/C16H22N4O2S/c1-9(2)6-11-8-23-16-13(11)15(18-10(3)19-16)20-4-5-22-12(7-20)14(17)21/h8-9,12H,4-7H2,1-3H3,(H2,17,21)/t12-/m1/s1. The van der Waals surface area contributed by atoms with E-state index in [1.807, 2.05) is 6.92 Å². The van der Waals surface area contributed by atoms with Crippen LogP contribution in [0.3, 0.4) is 0 Å². The van der Waals surface area contributed by atoms with Gasteiger partial charge in [0.05, 0.1) is 18.5 Å². The Labute approximate surface area is 139 Å². The number of amides is 1. The zero-order chi connectivity index (χ0) is 16.6. The maximum atomic E-state index is 11.5. The van der Waals surface area contributed by atoms with Crippen LogP contribution in [0, 0.1) is 12.8 Å². The fourth-order valence-corrected chi connectivity index (χ4v) is 3.91. The quantitative estimate of drug-likeness (QED) is 0.923. The van der Waals surface area contributed by atoms with Crippen LogP contribution in [-0.2, 0) is 16.0 Å². The first-order chi connectivity index (χ1) is 11.0. The summed E-state index contributed by atoms with van der Waals surface area (Å²) in [4.78, 5) is 23.8. The molecule has 1 saturated heterocycles. The smallest absolute Gasteiger partial charge is 0.248 e. The molecule has 0 aromatic carbocycles. The van der Waals surface area contributed by atoms with Crippen LogP contribution in [0.25, 0.3) is 10.2 Å². The zero-order valence-electron chi connectivity index (χ0n) is 13.7. The summed E-state index contributed by atoms with van der Waals surface area (Å²) in [6.45, 7) is 7.93. The molecule has 1 aliphatic rings. The van der Waals surface area contributed by atoms with Crippen LogP contribution >= 0.6 is 11.3 Å². The maximum absolute atomic E-state index is 11.5. The molecule has 0 bridgehead atoms. The highest BCUT2D eigenvalue weighted by Crippen LogP contribution is 2.34. The number of carbonyl (C=O) groups excluding carboxylic acids is 1. The summed E-state index contributed by atoms with van der Waals surface area (Å²) in [6, 6.07) is 0. The van der Waals surface area contributed by atoms with Gasteiger partial charge in [0.15, 0.2) is 6.10 Å². The number of fused-ring (bicyclic) bond motifs is 1. The second kappa shape index (κ2) is 6.41. The largest absolute Gasteiger partial charge is 0.367 e. The molecule has 0 aliphatic carbocycles. The summed E-state index contributed by atoms with van der Waals surface area (Å²) < 4.78 is 5.45. The van der Waals surface area contributed by atoms with Gasteiger partial charge in [-0.25, -0.2) is 9.97 Å². The van der Waals surface area contributed by atoms with E-state index in [-0.39, 0.29) is 0 Å². The molecule has 2 aromatic heterocycles. The van der Waals surface area contributed by atoms with E-state index in [1.54, 1.807) is 11.3 Å². The van der Waals surface area contributed by atoms with Crippen molar-refractivity contribution >= 4 is 33.3 Å². The molecule has 1 aliphatic heterocycles. The first-order valence-corrected chi connectivity index (χ1v) is 8.74. The van der Waals surface area contributed by atoms with Gasteiger partial charge < -0.3 is 15.4 Å². The summed E-state index contributed by atoms with van der Waals surface area (Å²) >= 11 is 1.65. The van der Waals surface area contributed by atoms with Crippen molar-refractivity contribution in [3.05, 3.63) is 16.8 Å². The Balaban J connectivity index is 2.04. The van der Waals surface area contributed by atoms with Crippen LogP contribution < -0.4 is 10.6 Å². The van der Waals surface area contributed by atoms with Gasteiger partial charge in [-0.3, -0.25) is 4.79 Å². The molecular formula is C16H22N4O2S. The molecule has 3 rings (SSSR count). The molecule has 0 saturated carbocycles. The molecular weight excluding hydrogens is 312 g/mol. The topological polar surface area (TPSA) is 81.3 Å². The van der Waals surface area contributed by atoms with E-state index in [2.05, 4.69) is 34.1 Å². The lowest BCUT2D eigenvalue weighted by molar-refractivity contribution is -0.130. The van der Waals surface area contributed by atoms with Crippen molar-refractivity contribution in [2.24, 2.45) is 11.7 Å². The second-order valence-corrected chi connectivity index (χ2v) is 7.20. The first kappa shape index (κ1) is 16.1. The molecule has 1 atom stereocenters. The van der Waals surface area contributed by atoms with E-state index in [1.165, 1.54) is 5.56 Å². The van der Waals surface area contributed by atoms with Crippen molar-refractivity contribution in [2.75, 3.05) is 24.6 Å². The number of thiophene rings is 1. The summed E-state index contributed by atoms with van der Waals surface area (Å²) in [5.74, 6) is 1.78. The SMILES string of the molecule is Cc1nc(N2CCO[C@@H](C(N)=O)C2)c2c(CC(C)C)csc2n1. The van der Waals surface area contributed by atoms with Crippen molar-refractivity contribution in [3.8, 4) is 0 Å². The zero-order valence-corrected chi connectivity index (χ0v) is 14.5. The fraction of sp³-hybridized carbons (Fsp3) is 0.562. The number of aryl methyl sites for hydroxylation is 1. The number of morpholine rings is 1. The molecule has 124 valence electrons. The average Bonchev–Trinajstić information content (AvgIpc) is 2.88. The number of ether oxygens (including phenoxy) is 1. The number of anilines is 1. The molecule has 1 amide bonds. The van der Waals surface area contributed by atoms with Crippen LogP contribution in [0.4, 0.5) is 5.82 Å². The third-order valence-electron chi connectivity index (χ3n) is 3.91. The van der Waals surface area contributed by atoms with E-state index < -0.39 is 12.0 Å². The van der Waals surface area contributed by atoms with Crippen LogP contribution in [0.1, 0.15) is 25.2 Å². The van der Waals surface area contributed by atoms with Gasteiger partial charge in [-0.15, -0.1) is 11.3 Å². The van der Waals surface area contributed by atoms with Gasteiger partial charge in [0.2, 0.25) is 5.91 Å². The molecule has 7 heteroatoms. The Bertz CT molecular complexity index is 728. The Morgan fingerprint density at radius 3 is 3.00 bits per heavy atom. The highest BCUT2D eigenvalue weighted by molar-refractivity contribution is 7.17. The van der Waals surface area contributed by atoms with E-state index in [4.69, 9.17) is 10.5 Å². The summed E-state index contributed by atoms with van der Waals surface area (Å²) in [6.07, 6.45) is 0.407. The lowest BCUT2D eigenvalue weighted by Crippen LogP contribution is -2.48. The first-order valence-electron chi connectivity index (χ1n) is 7.86. The summed E-state index contributed by atoms with van der Waals surface area (Å²) in [7, 11) is 0. The van der Waals surface area contributed by atoms with E-state index in [0.717, 1.165) is 28.3 Å². The number of rotatable bonds is 4. The predicted octanol–water partition coefficient (Wildman–Crippen LogP) is 1.89. The Kier molecular flexibility index (Phi) is 4.50. The molecule has 0 radical (unpaired) electrons. The fourth-order valence-electron chi connectivity index (χ4n) is 2.92. The van der Waals surface area contributed by atoms with Crippen LogP contribution in [0.5, 0.6) is 0 Å². The number of aromatic nitrogens is 2. The van der Waals surface area contributed by atoms with E-state index >= 15 is 0 Å². The van der Waals surface area contributed by atoms with Crippen LogP contribution in [0.15, 0.2) is 5.38 Å². The van der Waals surface area contributed by atoms with Crippen LogP contribution in [-0.4, -0.2) is 41.7 Å². The molecule has 1 fully saturated rings. The molecule has 6 nitrogen and oxygen atoms in total. The summed E-state index contributed by atoms with van der Waals surface area (Å²) in [5, 5.41) is 3.29. The third-order valence-corrected chi connectivity index (χ3v) is 4.83. The number of nitrogens with zero attached hydrogens (tertiary/aromatic N) is 3. The molecule has 0 spiro atoms. The average molecular weight is 334 g/mol. The Hall–Kier alpha value is -1.73. The minimum absolute atomic E-state index is 0.426. The molecule has 3 heterocycles. The Morgan fingerprint density at radius 2 is 2.30 bits per heavy atom. The normalized spacial score (nSPS) is 18.8. The lowest BCUT2D eigenvalue weighted by atomic mass is 10.0. The number of carbonyl (C=O) groups is 1. The third kappa shape index (κ3) is 3.30. The maximum Gasteiger partial charge on any atom is 0.248 e. The van der Waals surface area contributed by atoms with Crippen LogP contribution in [0.2, 0.25) is 0 Å². The van der Waals surface area contributed by atoms with Gasteiger partial charge in [0, 0.05) is 6.54 Å². The van der Waals surface area contributed by atoms with E-state index in [9.17, 15) is 4.79 Å². The minimum atomic E-state index is -0.582. The van der Waals surface area contributed by atoms with Crippen molar-refractivity contribution in [1.82, 2.24) is 9.97 Å². The van der Waals surface area contributed by atoms with Gasteiger partial charge in [0.1, 0.15) is 16.5 Å². The van der Waals surface area contributed by atoms with Crippen molar-refractivity contribution < 1.29 is 9.53 Å². The van der Waals surface area contributed by atoms with Gasteiger partial charge in [-0.05, 0) is 30.2 Å². The summed E-state index contributed by atoms with van der Waals surface area (Å²) in [5.41, 5.74) is 6.68. The van der Waals surface area contributed by atoms with Crippen molar-refractivity contribution in [1.29, 1.82) is 0 Å². The lowest BCUT2D eigenvalue weighted by Gasteiger charge is -2.32. The molecule has 2 aromatic rings. The minimum Gasteiger partial charge on any atom is -0.367 e. The second-order valence-electron chi connectivity index (χ2n) is 6.34. The number of nitrogens with two attached hydrogens (primary N) is 1. The highest BCUT2D eigenvalue weighted by Gasteiger charge is 2.28. The van der Waals surface area contributed by atoms with Crippen molar-refractivity contribution in [3.63, 3.8) is 0 Å². The number of hydrogen-bond donors (Lipinski definition) is 1.